The summed E-state index contributed by atoms with van der Waals surface area (Å²) in [6.45, 7) is 3.01. The van der Waals surface area contributed by atoms with E-state index in [0.717, 1.165) is 58.2 Å². The summed E-state index contributed by atoms with van der Waals surface area (Å²) in [7, 11) is 2.01. The fraction of sp³-hybridized carbons (Fsp3) is 0.395. The van der Waals surface area contributed by atoms with Crippen molar-refractivity contribution in [1.82, 2.24) is 10.2 Å². The van der Waals surface area contributed by atoms with E-state index < -0.39 is 18.4 Å². The van der Waals surface area contributed by atoms with Crippen LogP contribution in [-0.2, 0) is 32.2 Å². The fourth-order valence-electron chi connectivity index (χ4n) is 6.66. The first kappa shape index (κ1) is 38.8. The number of carboxylic acids is 1. The van der Waals surface area contributed by atoms with Gasteiger partial charge in [-0.05, 0) is 60.2 Å². The first-order valence-corrected chi connectivity index (χ1v) is 18.3. The molecule has 1 aliphatic heterocycles. The Hall–Kier alpha value is -4.38. The van der Waals surface area contributed by atoms with Gasteiger partial charge in [-0.25, -0.2) is 0 Å². The van der Waals surface area contributed by atoms with Crippen molar-refractivity contribution < 1.29 is 34.4 Å². The molecule has 9 nitrogen and oxygen atoms in total. The zero-order chi connectivity index (χ0) is 36.9. The standard InChI is InChI=1S/C43H52N2O7/c1-30(42(50)34-12-6-5-7-13-34)45(2)28-37-26-39(33-20-18-31(29-46)19-21-33)52-43(51-37)35-24-22-32(23-25-35)38-15-11-10-14-36(38)27-44-40(47)16-8-3-4-9-17-41(48)49/h5-7,10-15,18-25,30,37,39,42-43,46,50H,3-4,8-9,16-17,26-29H2,1-2H3,(H,44,47)(H,48,49)/t30-,37-,39+,42-,43+/m1/s1. The quantitative estimate of drug-likeness (QED) is 0.0784. The molecule has 0 saturated carbocycles. The molecule has 0 aromatic heterocycles. The Bertz CT molecular complexity index is 1700. The molecular formula is C43H52N2O7. The Morgan fingerprint density at radius 3 is 2.17 bits per heavy atom. The minimum atomic E-state index is -0.781. The number of nitrogens with zero attached hydrogens (tertiary/aromatic N) is 1. The summed E-state index contributed by atoms with van der Waals surface area (Å²) < 4.78 is 13.2. The summed E-state index contributed by atoms with van der Waals surface area (Å²) in [6, 6.07) is 33.6. The van der Waals surface area contributed by atoms with Crippen LogP contribution in [0.5, 0.6) is 0 Å². The van der Waals surface area contributed by atoms with Crippen LogP contribution in [0.2, 0.25) is 0 Å². The van der Waals surface area contributed by atoms with Crippen LogP contribution in [0.25, 0.3) is 11.1 Å². The highest BCUT2D eigenvalue weighted by Gasteiger charge is 2.34. The number of ether oxygens (including phenoxy) is 2. The molecule has 1 fully saturated rings. The van der Waals surface area contributed by atoms with E-state index in [4.69, 9.17) is 14.6 Å². The Labute approximate surface area is 307 Å². The highest BCUT2D eigenvalue weighted by atomic mass is 16.7. The zero-order valence-corrected chi connectivity index (χ0v) is 30.2. The third kappa shape index (κ3) is 11.1. The lowest BCUT2D eigenvalue weighted by Crippen LogP contribution is -2.43. The predicted molar refractivity (Wildman–Crippen MR) is 201 cm³/mol. The number of rotatable bonds is 18. The van der Waals surface area contributed by atoms with Crippen molar-refractivity contribution >= 4 is 11.9 Å². The molecule has 1 heterocycles. The lowest BCUT2D eigenvalue weighted by atomic mass is 9.97. The van der Waals surface area contributed by atoms with Crippen molar-refractivity contribution in [2.45, 2.75) is 95.7 Å². The molecule has 4 N–H and O–H groups in total. The van der Waals surface area contributed by atoms with Gasteiger partial charge in [0.15, 0.2) is 6.29 Å². The molecule has 5 atom stereocenters. The molecule has 52 heavy (non-hydrogen) atoms. The molecule has 1 aliphatic rings. The van der Waals surface area contributed by atoms with Crippen molar-refractivity contribution in [3.63, 3.8) is 0 Å². The van der Waals surface area contributed by atoms with Crippen molar-refractivity contribution in [1.29, 1.82) is 0 Å². The number of unbranched alkanes of at least 4 members (excludes halogenated alkanes) is 3. The van der Waals surface area contributed by atoms with E-state index in [1.807, 2.05) is 98.9 Å². The zero-order valence-electron chi connectivity index (χ0n) is 30.2. The molecule has 0 spiro atoms. The smallest absolute Gasteiger partial charge is 0.303 e. The number of aliphatic hydroxyl groups excluding tert-OH is 2. The van der Waals surface area contributed by atoms with E-state index in [2.05, 4.69) is 28.4 Å². The molecule has 9 heteroatoms. The minimum absolute atomic E-state index is 0.0142. The van der Waals surface area contributed by atoms with Gasteiger partial charge in [0.2, 0.25) is 5.91 Å². The molecular weight excluding hydrogens is 656 g/mol. The highest BCUT2D eigenvalue weighted by Crippen LogP contribution is 2.39. The Kier molecular flexibility index (Phi) is 14.5. The molecule has 5 rings (SSSR count). The van der Waals surface area contributed by atoms with Crippen molar-refractivity contribution in [2.24, 2.45) is 0 Å². The lowest BCUT2D eigenvalue weighted by Gasteiger charge is -2.39. The Morgan fingerprint density at radius 2 is 1.48 bits per heavy atom. The van der Waals surface area contributed by atoms with E-state index in [0.29, 0.717) is 32.4 Å². The maximum atomic E-state index is 12.6. The number of hydrogen-bond donors (Lipinski definition) is 4. The summed E-state index contributed by atoms with van der Waals surface area (Å²) in [6.07, 6.45) is 2.58. The van der Waals surface area contributed by atoms with Crippen LogP contribution in [0.15, 0.2) is 103 Å². The second-order valence-corrected chi connectivity index (χ2v) is 13.7. The van der Waals surface area contributed by atoms with E-state index in [1.54, 1.807) is 0 Å². The summed E-state index contributed by atoms with van der Waals surface area (Å²) in [5, 5.41) is 32.5. The normalized spacial score (nSPS) is 18.5. The van der Waals surface area contributed by atoms with E-state index in [9.17, 15) is 19.8 Å². The first-order valence-electron chi connectivity index (χ1n) is 18.3. The van der Waals surface area contributed by atoms with Crippen LogP contribution in [0.4, 0.5) is 0 Å². The Balaban J connectivity index is 1.25. The van der Waals surface area contributed by atoms with Crippen LogP contribution >= 0.6 is 0 Å². The predicted octanol–water partition coefficient (Wildman–Crippen LogP) is 7.49. The molecule has 4 aromatic rings. The topological polar surface area (TPSA) is 129 Å². The minimum Gasteiger partial charge on any atom is -0.481 e. The van der Waals surface area contributed by atoms with Crippen LogP contribution in [-0.4, -0.2) is 57.8 Å². The van der Waals surface area contributed by atoms with Gasteiger partial charge < -0.3 is 30.1 Å². The molecule has 0 aliphatic carbocycles. The van der Waals surface area contributed by atoms with Gasteiger partial charge in [0, 0.05) is 44.0 Å². The second kappa shape index (κ2) is 19.5. The van der Waals surface area contributed by atoms with E-state index in [1.165, 1.54) is 0 Å². The van der Waals surface area contributed by atoms with Crippen molar-refractivity contribution in [3.05, 3.63) is 131 Å². The fourth-order valence-corrected chi connectivity index (χ4v) is 6.66. The maximum absolute atomic E-state index is 12.6. The number of aliphatic carboxylic acids is 1. The van der Waals surface area contributed by atoms with Gasteiger partial charge in [-0.1, -0.05) is 116 Å². The first-order chi connectivity index (χ1) is 25.2. The summed E-state index contributed by atoms with van der Waals surface area (Å²) in [5.41, 5.74) is 6.67. The van der Waals surface area contributed by atoms with Gasteiger partial charge in [-0.2, -0.15) is 0 Å². The summed E-state index contributed by atoms with van der Waals surface area (Å²) >= 11 is 0. The van der Waals surface area contributed by atoms with Gasteiger partial charge in [-0.15, -0.1) is 0 Å². The molecule has 4 aromatic carbocycles. The highest BCUT2D eigenvalue weighted by molar-refractivity contribution is 5.76. The number of carboxylic acid groups (broad SMARTS) is 1. The average Bonchev–Trinajstić information content (AvgIpc) is 3.18. The third-order valence-electron chi connectivity index (χ3n) is 9.93. The number of benzene rings is 4. The summed E-state index contributed by atoms with van der Waals surface area (Å²) in [4.78, 5) is 25.4. The molecule has 0 radical (unpaired) electrons. The lowest BCUT2D eigenvalue weighted by molar-refractivity contribution is -0.253. The van der Waals surface area contributed by atoms with Crippen LogP contribution in [0.1, 0.15) is 98.2 Å². The SMILES string of the molecule is C[C@H]([C@@H](O)c1ccccc1)N(C)C[C@H]1C[C@@H](c2ccc(CO)cc2)O[C@@H](c2ccc(-c3ccccc3CNC(=O)CCCCCCC(=O)O)cc2)O1. The Morgan fingerprint density at radius 1 is 0.827 bits per heavy atom. The van der Waals surface area contributed by atoms with Crippen LogP contribution < -0.4 is 5.32 Å². The van der Waals surface area contributed by atoms with Crippen molar-refractivity contribution in [3.8, 4) is 11.1 Å². The number of hydrogen-bond acceptors (Lipinski definition) is 7. The third-order valence-corrected chi connectivity index (χ3v) is 9.93. The average molecular weight is 709 g/mol. The van der Waals surface area contributed by atoms with Gasteiger partial charge in [0.05, 0.1) is 24.9 Å². The van der Waals surface area contributed by atoms with Gasteiger partial charge in [0.25, 0.3) is 0 Å². The number of nitrogens with one attached hydrogen (secondary N) is 1. The van der Waals surface area contributed by atoms with Gasteiger partial charge in [0.1, 0.15) is 0 Å². The molecule has 0 unspecified atom stereocenters. The number of carbonyl (C=O) groups is 2. The van der Waals surface area contributed by atoms with Crippen LogP contribution in [0.3, 0.4) is 0 Å². The second-order valence-electron chi connectivity index (χ2n) is 13.7. The van der Waals surface area contributed by atoms with E-state index >= 15 is 0 Å². The van der Waals surface area contributed by atoms with Crippen molar-refractivity contribution in [2.75, 3.05) is 13.6 Å². The molecule has 276 valence electrons. The van der Waals surface area contributed by atoms with Gasteiger partial charge in [-0.3, -0.25) is 14.5 Å². The number of aliphatic hydroxyl groups is 2. The largest absolute Gasteiger partial charge is 0.481 e. The number of amides is 1. The summed E-state index contributed by atoms with van der Waals surface area (Å²) in [5.74, 6) is -0.795. The monoisotopic (exact) mass is 708 g/mol. The van der Waals surface area contributed by atoms with Crippen LogP contribution in [0, 0.1) is 0 Å². The molecule has 1 amide bonds. The number of carbonyl (C=O) groups excluding carboxylic acids is 1. The maximum Gasteiger partial charge on any atom is 0.303 e. The number of likely N-dealkylation sites (N-methyl/N-ethyl adjacent to an activating group) is 1. The van der Waals surface area contributed by atoms with E-state index in [-0.39, 0.29) is 37.2 Å². The molecule has 0 bridgehead atoms. The van der Waals surface area contributed by atoms with Gasteiger partial charge >= 0.3 is 5.97 Å². The molecule has 1 saturated heterocycles.